The summed E-state index contributed by atoms with van der Waals surface area (Å²) in [5.41, 5.74) is 1.29. The van der Waals surface area contributed by atoms with Crippen molar-refractivity contribution in [2.45, 2.75) is 5.60 Å². The van der Waals surface area contributed by atoms with E-state index in [1.807, 2.05) is 18.2 Å². The van der Waals surface area contributed by atoms with E-state index in [0.717, 1.165) is 0 Å². The van der Waals surface area contributed by atoms with E-state index in [4.69, 9.17) is 18.9 Å². The van der Waals surface area contributed by atoms with Crippen LogP contribution in [0.15, 0.2) is 60.7 Å². The Bertz CT molecular complexity index is 1110. The number of esters is 1. The number of carbonyl (C=O) groups excluding carboxylic acids is 1. The minimum absolute atomic E-state index is 0.0648. The Balaban J connectivity index is 1.81. The molecule has 1 N–H and O–H groups in total. The lowest BCUT2D eigenvalue weighted by atomic mass is 9.77. The van der Waals surface area contributed by atoms with Crippen LogP contribution in [-0.2, 0) is 15.1 Å². The first kappa shape index (κ1) is 16.6. The lowest BCUT2D eigenvalue weighted by molar-refractivity contribution is 0.0222. The minimum atomic E-state index is -1.18. The molecule has 28 heavy (non-hydrogen) atoms. The first-order chi connectivity index (χ1) is 13.6. The molecule has 0 saturated carbocycles. The van der Waals surface area contributed by atoms with Crippen molar-refractivity contribution in [3.8, 4) is 23.0 Å². The molecule has 2 aliphatic heterocycles. The molecule has 1 unspecified atom stereocenters. The van der Waals surface area contributed by atoms with Crippen LogP contribution in [-0.4, -0.2) is 25.0 Å². The van der Waals surface area contributed by atoms with Crippen molar-refractivity contribution in [1.82, 2.24) is 0 Å². The zero-order valence-corrected chi connectivity index (χ0v) is 15.0. The number of ether oxygens (including phenoxy) is 4. The van der Waals surface area contributed by atoms with Crippen LogP contribution in [0, 0.1) is 0 Å². The van der Waals surface area contributed by atoms with E-state index in [1.54, 1.807) is 43.5 Å². The Hall–Kier alpha value is -3.51. The monoisotopic (exact) mass is 376 g/mol. The number of fused-ring (bicyclic) bond motifs is 6. The summed E-state index contributed by atoms with van der Waals surface area (Å²) in [6.45, 7) is 0.0880. The molecule has 1 atom stereocenters. The van der Waals surface area contributed by atoms with E-state index in [2.05, 4.69) is 0 Å². The number of rotatable bonds is 3. The highest BCUT2D eigenvalue weighted by molar-refractivity contribution is 5.97. The first-order valence-corrected chi connectivity index (χ1v) is 8.74. The molecule has 1 spiro atoms. The average molecular weight is 376 g/mol. The molecule has 2 heterocycles. The summed E-state index contributed by atoms with van der Waals surface area (Å²) in [6.07, 6.45) is 0. The summed E-state index contributed by atoms with van der Waals surface area (Å²) in [5.74, 6) is 1.19. The quantitative estimate of drug-likeness (QED) is 0.551. The third kappa shape index (κ3) is 2.21. The Labute approximate surface area is 160 Å². The second kappa shape index (κ2) is 6.00. The maximum absolute atomic E-state index is 12.8. The van der Waals surface area contributed by atoms with Gasteiger partial charge in [0, 0.05) is 29.9 Å². The number of phenols is 1. The number of phenolic OH excluding ortho intramolecular Hbond substituents is 1. The van der Waals surface area contributed by atoms with Gasteiger partial charge in [-0.05, 0) is 36.4 Å². The highest BCUT2D eigenvalue weighted by Crippen LogP contribution is 2.56. The molecular formula is C22H16O6. The maximum atomic E-state index is 12.8. The van der Waals surface area contributed by atoms with Gasteiger partial charge in [0.25, 0.3) is 0 Å². The predicted octanol–water partition coefficient (Wildman–Crippen LogP) is 3.94. The lowest BCUT2D eigenvalue weighted by Gasteiger charge is -2.36. The van der Waals surface area contributed by atoms with Crippen LogP contribution in [0.1, 0.15) is 27.0 Å². The van der Waals surface area contributed by atoms with Crippen molar-refractivity contribution in [3.63, 3.8) is 0 Å². The number of hydrogen-bond donors (Lipinski definition) is 1. The molecule has 0 amide bonds. The summed E-state index contributed by atoms with van der Waals surface area (Å²) in [4.78, 5) is 12.8. The van der Waals surface area contributed by atoms with Crippen LogP contribution in [0.25, 0.3) is 0 Å². The van der Waals surface area contributed by atoms with Gasteiger partial charge in [0.05, 0.1) is 5.56 Å². The molecule has 0 saturated heterocycles. The largest absolute Gasteiger partial charge is 0.508 e. The summed E-state index contributed by atoms with van der Waals surface area (Å²) in [5, 5.41) is 9.93. The standard InChI is InChI=1S/C22H16O6/c1-25-12-26-14-7-8-15-18(11-14)22(28-21(15)24)16-4-2-3-5-19(16)27-20-10-13(23)6-9-17(20)22/h2-11,23H,12H2,1H3. The van der Waals surface area contributed by atoms with Crippen LogP contribution in [0.3, 0.4) is 0 Å². The predicted molar refractivity (Wildman–Crippen MR) is 98.9 cm³/mol. The second-order valence-corrected chi connectivity index (χ2v) is 6.61. The highest BCUT2D eigenvalue weighted by atomic mass is 16.7. The van der Waals surface area contributed by atoms with Crippen molar-refractivity contribution in [2.75, 3.05) is 13.9 Å². The molecule has 3 aromatic rings. The molecule has 3 aromatic carbocycles. The molecule has 5 rings (SSSR count). The first-order valence-electron chi connectivity index (χ1n) is 8.74. The second-order valence-electron chi connectivity index (χ2n) is 6.61. The van der Waals surface area contributed by atoms with Gasteiger partial charge in [0.15, 0.2) is 12.4 Å². The van der Waals surface area contributed by atoms with E-state index in [-0.39, 0.29) is 12.5 Å². The van der Waals surface area contributed by atoms with Crippen molar-refractivity contribution in [1.29, 1.82) is 0 Å². The topological polar surface area (TPSA) is 74.2 Å². The van der Waals surface area contributed by atoms with Crippen molar-refractivity contribution in [2.24, 2.45) is 0 Å². The molecule has 0 aromatic heterocycles. The van der Waals surface area contributed by atoms with Gasteiger partial charge in [-0.15, -0.1) is 0 Å². The van der Waals surface area contributed by atoms with Gasteiger partial charge >= 0.3 is 5.97 Å². The SMILES string of the molecule is COCOc1ccc2c(c1)C1(OC2=O)c2ccccc2Oc2cc(O)ccc21. The van der Waals surface area contributed by atoms with Gasteiger partial charge in [-0.2, -0.15) is 0 Å². The Morgan fingerprint density at radius 2 is 1.79 bits per heavy atom. The molecule has 0 aliphatic carbocycles. The molecular weight excluding hydrogens is 360 g/mol. The third-order valence-corrected chi connectivity index (χ3v) is 5.01. The van der Waals surface area contributed by atoms with Crippen molar-refractivity contribution >= 4 is 5.97 Å². The minimum Gasteiger partial charge on any atom is -0.508 e. The Morgan fingerprint density at radius 1 is 0.964 bits per heavy atom. The van der Waals surface area contributed by atoms with E-state index in [9.17, 15) is 9.90 Å². The van der Waals surface area contributed by atoms with E-state index in [1.165, 1.54) is 6.07 Å². The van der Waals surface area contributed by atoms with Crippen molar-refractivity contribution < 1.29 is 28.8 Å². The van der Waals surface area contributed by atoms with Crippen LogP contribution < -0.4 is 9.47 Å². The average Bonchev–Trinajstić information content (AvgIpc) is 2.99. The van der Waals surface area contributed by atoms with Crippen LogP contribution >= 0.6 is 0 Å². The van der Waals surface area contributed by atoms with Gasteiger partial charge in [-0.3, -0.25) is 0 Å². The zero-order chi connectivity index (χ0) is 19.3. The van der Waals surface area contributed by atoms with Gasteiger partial charge < -0.3 is 24.1 Å². The van der Waals surface area contributed by atoms with E-state index in [0.29, 0.717) is 39.5 Å². The molecule has 6 heteroatoms. The maximum Gasteiger partial charge on any atom is 0.340 e. The highest BCUT2D eigenvalue weighted by Gasteiger charge is 2.53. The van der Waals surface area contributed by atoms with E-state index >= 15 is 0 Å². The number of methoxy groups -OCH3 is 1. The summed E-state index contributed by atoms with van der Waals surface area (Å²) >= 11 is 0. The number of hydrogen-bond acceptors (Lipinski definition) is 6. The lowest BCUT2D eigenvalue weighted by Crippen LogP contribution is -2.32. The van der Waals surface area contributed by atoms with Crippen LogP contribution in [0.4, 0.5) is 0 Å². The number of para-hydroxylation sites is 1. The van der Waals surface area contributed by atoms with E-state index < -0.39 is 11.6 Å². The van der Waals surface area contributed by atoms with Crippen LogP contribution in [0.5, 0.6) is 23.0 Å². The Kier molecular flexibility index (Phi) is 3.57. The normalized spacial score (nSPS) is 18.7. The Morgan fingerprint density at radius 3 is 2.64 bits per heavy atom. The number of aromatic hydroxyl groups is 1. The fraction of sp³-hybridized carbons (Fsp3) is 0.136. The molecule has 140 valence electrons. The summed E-state index contributed by atoms with van der Waals surface area (Å²) < 4.78 is 22.6. The van der Waals surface area contributed by atoms with Gasteiger partial charge in [-0.25, -0.2) is 4.79 Å². The number of carbonyl (C=O) groups is 1. The summed E-state index contributed by atoms with van der Waals surface area (Å²) in [6, 6.07) is 17.4. The van der Waals surface area contributed by atoms with Crippen LogP contribution in [0.2, 0.25) is 0 Å². The molecule has 2 aliphatic rings. The van der Waals surface area contributed by atoms with Gasteiger partial charge in [0.1, 0.15) is 23.0 Å². The fourth-order valence-corrected chi connectivity index (χ4v) is 3.85. The summed E-state index contributed by atoms with van der Waals surface area (Å²) in [7, 11) is 1.54. The molecule has 0 fully saturated rings. The van der Waals surface area contributed by atoms with Crippen molar-refractivity contribution in [3.05, 3.63) is 82.9 Å². The van der Waals surface area contributed by atoms with Gasteiger partial charge in [-0.1, -0.05) is 18.2 Å². The molecule has 6 nitrogen and oxygen atoms in total. The smallest absolute Gasteiger partial charge is 0.340 e. The van der Waals surface area contributed by atoms with Gasteiger partial charge in [0.2, 0.25) is 0 Å². The number of benzene rings is 3. The molecule has 0 radical (unpaired) electrons. The zero-order valence-electron chi connectivity index (χ0n) is 15.0. The third-order valence-electron chi connectivity index (χ3n) is 5.01. The molecule has 0 bridgehead atoms. The fourth-order valence-electron chi connectivity index (χ4n) is 3.85.